The number of rotatable bonds is 5. The number of nitrogens with zero attached hydrogens (tertiary/aromatic N) is 3. The maximum Gasteiger partial charge on any atom is 0.276 e. The Hall–Kier alpha value is -1.93. The van der Waals surface area contributed by atoms with Gasteiger partial charge in [0.15, 0.2) is 0 Å². The van der Waals surface area contributed by atoms with Gasteiger partial charge in [0.2, 0.25) is 0 Å². The molecule has 0 aromatic carbocycles. The lowest BCUT2D eigenvalue weighted by molar-refractivity contribution is -0.384. The van der Waals surface area contributed by atoms with Crippen LogP contribution < -0.4 is 10.7 Å². The van der Waals surface area contributed by atoms with E-state index in [-0.39, 0.29) is 5.69 Å². The zero-order valence-corrected chi connectivity index (χ0v) is 10.8. The highest BCUT2D eigenvalue weighted by Crippen LogP contribution is 2.21. The third-order valence-electron chi connectivity index (χ3n) is 2.66. The molecule has 1 aromatic rings. The van der Waals surface area contributed by atoms with E-state index in [1.54, 1.807) is 0 Å². The Kier molecular flexibility index (Phi) is 4.48. The first-order valence-corrected chi connectivity index (χ1v) is 6.18. The van der Waals surface area contributed by atoms with Crippen LogP contribution in [0.3, 0.4) is 0 Å². The topological polar surface area (TPSA) is 92.6 Å². The summed E-state index contributed by atoms with van der Waals surface area (Å²) in [5.74, 6) is 0.958. The van der Waals surface area contributed by atoms with Crippen LogP contribution in [0.2, 0.25) is 0 Å². The van der Waals surface area contributed by atoms with Crippen molar-refractivity contribution in [3.63, 3.8) is 0 Å². The predicted octanol–water partition coefficient (Wildman–Crippen LogP) is 1.08. The lowest BCUT2D eigenvalue weighted by Crippen LogP contribution is -2.40. The molecule has 0 spiro atoms. The van der Waals surface area contributed by atoms with Gasteiger partial charge >= 0.3 is 0 Å². The van der Waals surface area contributed by atoms with Gasteiger partial charge in [-0.3, -0.25) is 10.1 Å². The number of anilines is 2. The SMILES string of the molecule is CCNc1cc([N+](=O)[O-])cc(NN2CCOCC2)n1. The van der Waals surface area contributed by atoms with Crippen LogP contribution in [0.25, 0.3) is 0 Å². The molecular formula is C11H17N5O3. The predicted molar refractivity (Wildman–Crippen MR) is 71.1 cm³/mol. The molecule has 0 atom stereocenters. The molecule has 0 bridgehead atoms. The van der Waals surface area contributed by atoms with Gasteiger partial charge in [-0.25, -0.2) is 9.99 Å². The molecule has 1 aliphatic heterocycles. The highest BCUT2D eigenvalue weighted by atomic mass is 16.6. The van der Waals surface area contributed by atoms with Crippen molar-refractivity contribution in [3.8, 4) is 0 Å². The monoisotopic (exact) mass is 267 g/mol. The third kappa shape index (κ3) is 3.76. The third-order valence-corrected chi connectivity index (χ3v) is 2.66. The molecule has 0 aliphatic carbocycles. The molecular weight excluding hydrogens is 250 g/mol. The Labute approximate surface area is 110 Å². The molecule has 2 N–H and O–H groups in total. The zero-order valence-electron chi connectivity index (χ0n) is 10.8. The quantitative estimate of drug-likeness (QED) is 0.609. The van der Waals surface area contributed by atoms with Crippen LogP contribution in [-0.2, 0) is 4.74 Å². The minimum Gasteiger partial charge on any atom is -0.379 e. The van der Waals surface area contributed by atoms with Gasteiger partial charge in [0.1, 0.15) is 11.6 Å². The number of hydrazine groups is 1. The summed E-state index contributed by atoms with van der Waals surface area (Å²) < 4.78 is 5.24. The van der Waals surface area contributed by atoms with Crippen molar-refractivity contribution in [3.05, 3.63) is 22.2 Å². The van der Waals surface area contributed by atoms with Gasteiger partial charge in [0.25, 0.3) is 5.69 Å². The van der Waals surface area contributed by atoms with E-state index in [0.717, 1.165) is 13.1 Å². The van der Waals surface area contributed by atoms with Crippen LogP contribution in [0, 0.1) is 10.1 Å². The van der Waals surface area contributed by atoms with Crippen molar-refractivity contribution in [1.29, 1.82) is 0 Å². The van der Waals surface area contributed by atoms with E-state index in [2.05, 4.69) is 15.7 Å². The van der Waals surface area contributed by atoms with Gasteiger partial charge in [0.05, 0.1) is 30.3 Å². The van der Waals surface area contributed by atoms with Crippen LogP contribution in [0.5, 0.6) is 0 Å². The molecule has 0 unspecified atom stereocenters. The number of pyridine rings is 1. The van der Waals surface area contributed by atoms with Crippen molar-refractivity contribution in [2.24, 2.45) is 0 Å². The van der Waals surface area contributed by atoms with Gasteiger partial charge in [0, 0.05) is 19.6 Å². The van der Waals surface area contributed by atoms with Crippen LogP contribution in [0.4, 0.5) is 17.3 Å². The number of ether oxygens (including phenoxy) is 1. The van der Waals surface area contributed by atoms with Crippen molar-refractivity contribution in [1.82, 2.24) is 9.99 Å². The maximum atomic E-state index is 10.9. The lowest BCUT2D eigenvalue weighted by atomic mass is 10.3. The Balaban J connectivity index is 2.15. The minimum atomic E-state index is -0.424. The Bertz CT molecular complexity index is 448. The number of hydrogen-bond acceptors (Lipinski definition) is 7. The summed E-state index contributed by atoms with van der Waals surface area (Å²) >= 11 is 0. The van der Waals surface area contributed by atoms with Crippen LogP contribution >= 0.6 is 0 Å². The Morgan fingerprint density at radius 1 is 1.42 bits per heavy atom. The fraction of sp³-hybridized carbons (Fsp3) is 0.545. The van der Waals surface area contributed by atoms with Gasteiger partial charge in [-0.15, -0.1) is 0 Å². The molecule has 2 heterocycles. The van der Waals surface area contributed by atoms with E-state index < -0.39 is 4.92 Å². The number of nitro groups is 1. The van der Waals surface area contributed by atoms with Crippen molar-refractivity contribution >= 4 is 17.3 Å². The van der Waals surface area contributed by atoms with Crippen molar-refractivity contribution in [2.45, 2.75) is 6.92 Å². The van der Waals surface area contributed by atoms with Crippen LogP contribution in [0.15, 0.2) is 12.1 Å². The molecule has 1 aromatic heterocycles. The lowest BCUT2D eigenvalue weighted by Gasteiger charge is -2.27. The van der Waals surface area contributed by atoms with E-state index in [9.17, 15) is 10.1 Å². The average Bonchev–Trinajstić information content (AvgIpc) is 2.40. The second kappa shape index (κ2) is 6.30. The number of nitrogens with one attached hydrogen (secondary N) is 2. The highest BCUT2D eigenvalue weighted by molar-refractivity contribution is 5.54. The summed E-state index contributed by atoms with van der Waals surface area (Å²) in [4.78, 5) is 14.8. The van der Waals surface area contributed by atoms with Gasteiger partial charge in [-0.05, 0) is 6.92 Å². The normalized spacial score (nSPS) is 16.1. The molecule has 1 fully saturated rings. The standard InChI is InChI=1S/C11H17N5O3/c1-2-12-10-7-9(16(17)18)8-11(13-10)14-15-3-5-19-6-4-15/h7-8H,2-6H2,1H3,(H2,12,13,14). The summed E-state index contributed by atoms with van der Waals surface area (Å²) in [5.41, 5.74) is 3.09. The fourth-order valence-corrected chi connectivity index (χ4v) is 1.79. The summed E-state index contributed by atoms with van der Waals surface area (Å²) in [6.07, 6.45) is 0. The van der Waals surface area contributed by atoms with E-state index in [0.29, 0.717) is 31.4 Å². The van der Waals surface area contributed by atoms with Gasteiger partial charge < -0.3 is 15.5 Å². The maximum absolute atomic E-state index is 10.9. The molecule has 104 valence electrons. The minimum absolute atomic E-state index is 0.0155. The number of hydrogen-bond donors (Lipinski definition) is 2. The van der Waals surface area contributed by atoms with Crippen molar-refractivity contribution < 1.29 is 9.66 Å². The first-order chi connectivity index (χ1) is 9.19. The number of morpholine rings is 1. The molecule has 1 aliphatic rings. The molecule has 1 saturated heterocycles. The van der Waals surface area contributed by atoms with E-state index in [1.165, 1.54) is 12.1 Å². The smallest absolute Gasteiger partial charge is 0.276 e. The van der Waals surface area contributed by atoms with Gasteiger partial charge in [-0.2, -0.15) is 0 Å². The summed E-state index contributed by atoms with van der Waals surface area (Å²) in [6.45, 7) is 5.30. The summed E-state index contributed by atoms with van der Waals surface area (Å²) in [5, 5.41) is 15.8. The first kappa shape index (κ1) is 13.5. The highest BCUT2D eigenvalue weighted by Gasteiger charge is 2.14. The Morgan fingerprint density at radius 3 is 2.74 bits per heavy atom. The summed E-state index contributed by atoms with van der Waals surface area (Å²) in [6, 6.07) is 2.85. The Morgan fingerprint density at radius 2 is 2.11 bits per heavy atom. The van der Waals surface area contributed by atoms with Gasteiger partial charge in [-0.1, -0.05) is 0 Å². The average molecular weight is 267 g/mol. The van der Waals surface area contributed by atoms with Crippen LogP contribution in [-0.4, -0.2) is 47.8 Å². The fourth-order valence-electron chi connectivity index (χ4n) is 1.79. The van der Waals surface area contributed by atoms with Crippen molar-refractivity contribution in [2.75, 3.05) is 43.6 Å². The number of aromatic nitrogens is 1. The molecule has 2 rings (SSSR count). The second-order valence-electron chi connectivity index (χ2n) is 4.09. The molecule has 8 heteroatoms. The zero-order chi connectivity index (χ0) is 13.7. The molecule has 0 amide bonds. The molecule has 19 heavy (non-hydrogen) atoms. The van der Waals surface area contributed by atoms with E-state index >= 15 is 0 Å². The second-order valence-corrected chi connectivity index (χ2v) is 4.09. The molecule has 0 saturated carbocycles. The molecule has 8 nitrogen and oxygen atoms in total. The first-order valence-electron chi connectivity index (χ1n) is 6.18. The van der Waals surface area contributed by atoms with E-state index in [1.807, 2.05) is 11.9 Å². The largest absolute Gasteiger partial charge is 0.379 e. The van der Waals surface area contributed by atoms with E-state index in [4.69, 9.17) is 4.74 Å². The summed E-state index contributed by atoms with van der Waals surface area (Å²) in [7, 11) is 0. The van der Waals surface area contributed by atoms with Crippen LogP contribution in [0.1, 0.15) is 6.92 Å². The molecule has 0 radical (unpaired) electrons.